The number of rotatable bonds is 6. The molecule has 0 spiro atoms. The molecule has 0 aliphatic rings. The van der Waals surface area contributed by atoms with E-state index in [9.17, 15) is 22.8 Å². The van der Waals surface area contributed by atoms with E-state index in [2.05, 4.69) is 36.8 Å². The average molecular weight is 552 g/mol. The average Bonchev–Trinajstić information content (AvgIpc) is 3.14. The molecule has 0 radical (unpaired) electrons. The summed E-state index contributed by atoms with van der Waals surface area (Å²) in [6.45, 7) is 0. The van der Waals surface area contributed by atoms with Crippen LogP contribution in [0.3, 0.4) is 0 Å². The molecule has 1 aromatic heterocycles. The smallest absolute Gasteiger partial charge is 0.324 e. The summed E-state index contributed by atoms with van der Waals surface area (Å²) in [4.78, 5) is 24.3. The number of hydrogen-bond acceptors (Lipinski definition) is 6. The van der Waals surface area contributed by atoms with Crippen molar-refractivity contribution in [3.63, 3.8) is 0 Å². The third-order valence-corrected chi connectivity index (χ3v) is 6.40. The number of aromatic nitrogens is 2. The van der Waals surface area contributed by atoms with Crippen LogP contribution >= 0.6 is 50.6 Å². The van der Waals surface area contributed by atoms with Crippen molar-refractivity contribution in [1.29, 1.82) is 0 Å². The second kappa shape index (κ2) is 9.98. The van der Waals surface area contributed by atoms with Gasteiger partial charge in [0.2, 0.25) is 11.0 Å². The zero-order valence-electron chi connectivity index (χ0n) is 15.2. The lowest BCUT2D eigenvalue weighted by Crippen LogP contribution is -2.15. The molecule has 2 N–H and O–H groups in total. The standard InChI is InChI=1S/C18H11BrClF3N4O2S2/c19-11-3-1-2-9(6-11)15(29)25-16-26-27-17(31-16)30-8-14(28)24-13-7-10(18(21,22)23)4-5-12(13)20/h1-7H,8H2,(H,24,28)(H,25,26,29). The fourth-order valence-electron chi connectivity index (χ4n) is 2.23. The van der Waals surface area contributed by atoms with E-state index in [-0.39, 0.29) is 27.5 Å². The van der Waals surface area contributed by atoms with Crippen LogP contribution in [-0.4, -0.2) is 27.8 Å². The van der Waals surface area contributed by atoms with Gasteiger partial charge in [0.05, 0.1) is 22.0 Å². The zero-order valence-corrected chi connectivity index (χ0v) is 19.1. The highest BCUT2D eigenvalue weighted by atomic mass is 79.9. The Morgan fingerprint density at radius 3 is 2.61 bits per heavy atom. The Balaban J connectivity index is 1.56. The lowest BCUT2D eigenvalue weighted by Gasteiger charge is -2.11. The Labute approximate surface area is 195 Å². The van der Waals surface area contributed by atoms with E-state index < -0.39 is 17.6 Å². The molecular formula is C18H11BrClF3N4O2S2. The SMILES string of the molecule is O=C(CSc1nnc(NC(=O)c2cccc(Br)c2)s1)Nc1cc(C(F)(F)F)ccc1Cl. The highest BCUT2D eigenvalue weighted by Gasteiger charge is 2.31. The highest BCUT2D eigenvalue weighted by Crippen LogP contribution is 2.34. The van der Waals surface area contributed by atoms with Gasteiger partial charge in [0.25, 0.3) is 5.91 Å². The molecule has 0 saturated heterocycles. The summed E-state index contributed by atoms with van der Waals surface area (Å²) in [5, 5.41) is 12.9. The topological polar surface area (TPSA) is 84.0 Å². The summed E-state index contributed by atoms with van der Waals surface area (Å²) < 4.78 is 39.6. The maximum atomic E-state index is 12.8. The van der Waals surface area contributed by atoms with E-state index in [0.29, 0.717) is 9.90 Å². The minimum atomic E-state index is -4.55. The molecule has 2 amide bonds. The van der Waals surface area contributed by atoms with Crippen LogP contribution in [0.2, 0.25) is 5.02 Å². The first-order chi connectivity index (χ1) is 14.6. The monoisotopic (exact) mass is 550 g/mol. The number of hydrogen-bond donors (Lipinski definition) is 2. The van der Waals surface area contributed by atoms with Crippen LogP contribution in [0, 0.1) is 0 Å². The van der Waals surface area contributed by atoms with Gasteiger partial charge in [-0.3, -0.25) is 14.9 Å². The number of anilines is 2. The Morgan fingerprint density at radius 2 is 1.90 bits per heavy atom. The molecule has 31 heavy (non-hydrogen) atoms. The van der Waals surface area contributed by atoms with Crippen LogP contribution in [0.25, 0.3) is 0 Å². The molecule has 0 saturated carbocycles. The maximum Gasteiger partial charge on any atom is 0.416 e. The van der Waals surface area contributed by atoms with Crippen molar-refractivity contribution in [3.8, 4) is 0 Å². The van der Waals surface area contributed by atoms with Crippen molar-refractivity contribution in [2.24, 2.45) is 0 Å². The van der Waals surface area contributed by atoms with Gasteiger partial charge in [0.1, 0.15) is 0 Å². The number of nitrogens with one attached hydrogen (secondary N) is 2. The van der Waals surface area contributed by atoms with Crippen LogP contribution in [0.4, 0.5) is 24.0 Å². The summed E-state index contributed by atoms with van der Waals surface area (Å²) in [5.74, 6) is -1.08. The van der Waals surface area contributed by atoms with Gasteiger partial charge in [0.15, 0.2) is 4.34 Å². The maximum absolute atomic E-state index is 12.8. The molecule has 0 bridgehead atoms. The molecule has 6 nitrogen and oxygen atoms in total. The van der Waals surface area contributed by atoms with Crippen LogP contribution in [0.1, 0.15) is 15.9 Å². The van der Waals surface area contributed by atoms with Crippen molar-refractivity contribution >= 4 is 73.3 Å². The molecule has 1 heterocycles. The third-order valence-electron chi connectivity index (χ3n) is 3.61. The normalized spacial score (nSPS) is 11.3. The van der Waals surface area contributed by atoms with Gasteiger partial charge in [-0.05, 0) is 36.4 Å². The molecule has 13 heteroatoms. The summed E-state index contributed by atoms with van der Waals surface area (Å²) in [7, 11) is 0. The van der Waals surface area contributed by atoms with E-state index in [0.717, 1.165) is 45.8 Å². The van der Waals surface area contributed by atoms with Gasteiger partial charge < -0.3 is 5.32 Å². The Morgan fingerprint density at radius 1 is 1.13 bits per heavy atom. The van der Waals surface area contributed by atoms with Crippen molar-refractivity contribution < 1.29 is 22.8 Å². The second-order valence-electron chi connectivity index (χ2n) is 5.87. The first-order valence-corrected chi connectivity index (χ1v) is 11.3. The predicted octanol–water partition coefficient (Wildman–Crippen LogP) is 5.96. The summed E-state index contributed by atoms with van der Waals surface area (Å²) in [6.07, 6.45) is -4.55. The number of halogens is 5. The molecule has 0 atom stereocenters. The van der Waals surface area contributed by atoms with Crippen molar-refractivity contribution in [1.82, 2.24) is 10.2 Å². The van der Waals surface area contributed by atoms with E-state index in [4.69, 9.17) is 11.6 Å². The molecule has 0 unspecified atom stereocenters. The Bertz CT molecular complexity index is 1130. The minimum absolute atomic E-state index is 0.0141. The van der Waals surface area contributed by atoms with Gasteiger partial charge in [-0.15, -0.1) is 10.2 Å². The molecule has 0 fully saturated rings. The van der Waals surface area contributed by atoms with E-state index in [1.54, 1.807) is 24.3 Å². The van der Waals surface area contributed by atoms with Crippen LogP contribution in [-0.2, 0) is 11.0 Å². The van der Waals surface area contributed by atoms with Crippen LogP contribution < -0.4 is 10.6 Å². The molecule has 2 aromatic carbocycles. The van der Waals surface area contributed by atoms with E-state index in [1.165, 1.54) is 0 Å². The molecule has 162 valence electrons. The summed E-state index contributed by atoms with van der Waals surface area (Å²) >= 11 is 11.2. The predicted molar refractivity (Wildman–Crippen MR) is 118 cm³/mol. The third kappa shape index (κ3) is 6.66. The first-order valence-electron chi connectivity index (χ1n) is 8.31. The number of thioether (sulfide) groups is 1. The van der Waals surface area contributed by atoms with Gasteiger partial charge >= 0.3 is 6.18 Å². The fourth-order valence-corrected chi connectivity index (χ4v) is 4.34. The Hall–Kier alpha value is -2.15. The molecule has 3 rings (SSSR count). The van der Waals surface area contributed by atoms with Crippen LogP contribution in [0.15, 0.2) is 51.3 Å². The van der Waals surface area contributed by atoms with Crippen molar-refractivity contribution in [2.75, 3.05) is 16.4 Å². The quantitative estimate of drug-likeness (QED) is 0.292. The lowest BCUT2D eigenvalue weighted by molar-refractivity contribution is -0.137. The molecule has 0 aliphatic heterocycles. The zero-order chi connectivity index (χ0) is 22.6. The summed E-state index contributed by atoms with van der Waals surface area (Å²) in [6, 6.07) is 9.46. The molecule has 0 aliphatic carbocycles. The largest absolute Gasteiger partial charge is 0.416 e. The van der Waals surface area contributed by atoms with E-state index in [1.807, 2.05) is 0 Å². The fraction of sp³-hybridized carbons (Fsp3) is 0.111. The number of benzene rings is 2. The Kier molecular flexibility index (Phi) is 7.57. The first kappa shape index (κ1) is 23.5. The second-order valence-corrected chi connectivity index (χ2v) is 9.39. The van der Waals surface area contributed by atoms with Gasteiger partial charge in [-0.25, -0.2) is 0 Å². The number of carbonyl (C=O) groups is 2. The molecule has 3 aromatic rings. The number of amides is 2. The lowest BCUT2D eigenvalue weighted by atomic mass is 10.2. The number of carbonyl (C=O) groups excluding carboxylic acids is 2. The minimum Gasteiger partial charge on any atom is -0.324 e. The van der Waals surface area contributed by atoms with Crippen molar-refractivity contribution in [3.05, 3.63) is 63.1 Å². The van der Waals surface area contributed by atoms with Gasteiger partial charge in [-0.2, -0.15) is 13.2 Å². The number of nitrogens with zero attached hydrogens (tertiary/aromatic N) is 2. The number of alkyl halides is 3. The molecular weight excluding hydrogens is 541 g/mol. The van der Waals surface area contributed by atoms with Crippen molar-refractivity contribution in [2.45, 2.75) is 10.5 Å². The van der Waals surface area contributed by atoms with Gasteiger partial charge in [-0.1, -0.05) is 56.7 Å². The summed E-state index contributed by atoms with van der Waals surface area (Å²) in [5.41, 5.74) is -0.632. The van der Waals surface area contributed by atoms with E-state index >= 15 is 0 Å². The van der Waals surface area contributed by atoms with Gasteiger partial charge in [0, 0.05) is 10.0 Å². The van der Waals surface area contributed by atoms with Crippen LogP contribution in [0.5, 0.6) is 0 Å². The highest BCUT2D eigenvalue weighted by molar-refractivity contribution is 9.10.